The van der Waals surface area contributed by atoms with Gasteiger partial charge in [0.25, 0.3) is 0 Å². The molecule has 3 rings (SSSR count). The molecule has 1 aliphatic rings. The second kappa shape index (κ2) is 6.20. The average molecular weight is 305 g/mol. The van der Waals surface area contributed by atoms with Gasteiger partial charge in [0.2, 0.25) is 0 Å². The fourth-order valence-electron chi connectivity index (χ4n) is 2.61. The van der Waals surface area contributed by atoms with Crippen molar-refractivity contribution in [3.63, 3.8) is 0 Å². The highest BCUT2D eigenvalue weighted by atomic mass is 32.2. The highest BCUT2D eigenvalue weighted by Crippen LogP contribution is 2.36. The Hall–Kier alpha value is -0.970. The molecule has 0 fully saturated rings. The molecule has 0 amide bonds. The molecule has 0 aliphatic carbocycles. The van der Waals surface area contributed by atoms with Gasteiger partial charge in [0, 0.05) is 15.5 Å². The van der Waals surface area contributed by atoms with E-state index in [0.717, 1.165) is 5.75 Å². The van der Waals surface area contributed by atoms with E-state index in [1.807, 2.05) is 36.2 Å². The van der Waals surface area contributed by atoms with Gasteiger partial charge < -0.3 is 10.1 Å². The zero-order chi connectivity index (χ0) is 13.9. The molecule has 20 heavy (non-hydrogen) atoms. The van der Waals surface area contributed by atoms with Crippen LogP contribution in [-0.4, -0.2) is 19.9 Å². The number of hydrogen-bond acceptors (Lipinski definition) is 4. The van der Waals surface area contributed by atoms with Crippen molar-refractivity contribution in [1.29, 1.82) is 0 Å². The summed E-state index contributed by atoms with van der Waals surface area (Å²) < 4.78 is 5.34. The maximum absolute atomic E-state index is 5.34. The average Bonchev–Trinajstić information content (AvgIpc) is 2.91. The van der Waals surface area contributed by atoms with Gasteiger partial charge in [0.05, 0.1) is 13.2 Å². The first-order valence-electron chi connectivity index (χ1n) is 6.82. The fourth-order valence-corrected chi connectivity index (χ4v) is 5.12. The van der Waals surface area contributed by atoms with Gasteiger partial charge in [-0.1, -0.05) is 12.1 Å². The smallest absolute Gasteiger partial charge is 0.119 e. The van der Waals surface area contributed by atoms with E-state index in [0.29, 0.717) is 0 Å². The van der Waals surface area contributed by atoms with E-state index in [4.69, 9.17) is 4.74 Å². The Balaban J connectivity index is 1.94. The summed E-state index contributed by atoms with van der Waals surface area (Å²) in [5, 5.41) is 3.44. The predicted molar refractivity (Wildman–Crippen MR) is 88.1 cm³/mol. The van der Waals surface area contributed by atoms with Crippen molar-refractivity contribution in [2.45, 2.75) is 18.2 Å². The van der Waals surface area contributed by atoms with Gasteiger partial charge in [0.1, 0.15) is 5.75 Å². The van der Waals surface area contributed by atoms with Crippen molar-refractivity contribution in [2.75, 3.05) is 19.9 Å². The van der Waals surface area contributed by atoms with Crippen LogP contribution in [0.5, 0.6) is 5.75 Å². The van der Waals surface area contributed by atoms with Crippen LogP contribution in [0.1, 0.15) is 26.9 Å². The van der Waals surface area contributed by atoms with Crippen molar-refractivity contribution >= 4 is 23.1 Å². The number of ether oxygens (including phenoxy) is 1. The van der Waals surface area contributed by atoms with Crippen molar-refractivity contribution in [3.8, 4) is 5.75 Å². The summed E-state index contributed by atoms with van der Waals surface area (Å²) in [5.41, 5.74) is 2.79. The van der Waals surface area contributed by atoms with E-state index in [1.54, 1.807) is 12.0 Å². The maximum atomic E-state index is 5.34. The van der Waals surface area contributed by atoms with Gasteiger partial charge in [-0.25, -0.2) is 0 Å². The van der Waals surface area contributed by atoms with Crippen LogP contribution in [0, 0.1) is 0 Å². The van der Waals surface area contributed by atoms with Crippen LogP contribution < -0.4 is 10.1 Å². The SMILES string of the molecule is CNC(c1cccc(OC)c1)c1cc2c(s1)CCSC2. The van der Waals surface area contributed by atoms with Crippen LogP contribution >= 0.6 is 23.1 Å². The molecule has 0 spiro atoms. The molecule has 0 bridgehead atoms. The summed E-state index contributed by atoms with van der Waals surface area (Å²) in [6.45, 7) is 0. The van der Waals surface area contributed by atoms with Gasteiger partial charge in [-0.3, -0.25) is 0 Å². The number of benzene rings is 1. The molecule has 0 saturated heterocycles. The summed E-state index contributed by atoms with van der Waals surface area (Å²) in [6, 6.07) is 11.0. The Kier molecular flexibility index (Phi) is 4.34. The zero-order valence-electron chi connectivity index (χ0n) is 11.8. The summed E-state index contributed by atoms with van der Waals surface area (Å²) in [5.74, 6) is 3.34. The van der Waals surface area contributed by atoms with E-state index in [1.165, 1.54) is 33.9 Å². The number of methoxy groups -OCH3 is 1. The van der Waals surface area contributed by atoms with Crippen LogP contribution in [0.25, 0.3) is 0 Å². The highest BCUT2D eigenvalue weighted by Gasteiger charge is 2.19. The van der Waals surface area contributed by atoms with Gasteiger partial charge in [-0.15, -0.1) is 11.3 Å². The minimum Gasteiger partial charge on any atom is -0.497 e. The minimum absolute atomic E-state index is 0.255. The second-order valence-corrected chi connectivity index (χ2v) is 7.17. The van der Waals surface area contributed by atoms with Gasteiger partial charge >= 0.3 is 0 Å². The molecule has 106 valence electrons. The van der Waals surface area contributed by atoms with Crippen molar-refractivity contribution in [3.05, 3.63) is 51.2 Å². The topological polar surface area (TPSA) is 21.3 Å². The number of hydrogen-bond donors (Lipinski definition) is 1. The minimum atomic E-state index is 0.255. The first-order valence-corrected chi connectivity index (χ1v) is 8.79. The molecular weight excluding hydrogens is 286 g/mol. The molecule has 2 nitrogen and oxygen atoms in total. The monoisotopic (exact) mass is 305 g/mol. The quantitative estimate of drug-likeness (QED) is 0.927. The molecule has 1 aromatic heterocycles. The van der Waals surface area contributed by atoms with E-state index in [2.05, 4.69) is 29.6 Å². The lowest BCUT2D eigenvalue weighted by Gasteiger charge is -2.15. The molecule has 2 heterocycles. The third kappa shape index (κ3) is 2.73. The molecule has 1 N–H and O–H groups in total. The lowest BCUT2D eigenvalue weighted by Crippen LogP contribution is -2.16. The number of fused-ring (bicyclic) bond motifs is 1. The fraction of sp³-hybridized carbons (Fsp3) is 0.375. The van der Waals surface area contributed by atoms with Crippen molar-refractivity contribution in [1.82, 2.24) is 5.32 Å². The molecule has 0 saturated carbocycles. The Bertz CT molecular complexity index is 570. The van der Waals surface area contributed by atoms with Gasteiger partial charge in [-0.2, -0.15) is 11.8 Å². The first-order chi connectivity index (χ1) is 9.81. The molecule has 1 aromatic carbocycles. The standard InChI is InChI=1S/C16H19NOS2/c1-17-16(11-4-3-5-13(8-11)18-2)15-9-12-10-19-7-6-14(12)20-15/h3-5,8-9,16-17H,6-7,10H2,1-2H3. The molecule has 4 heteroatoms. The highest BCUT2D eigenvalue weighted by molar-refractivity contribution is 7.98. The van der Waals surface area contributed by atoms with Crippen molar-refractivity contribution < 1.29 is 4.74 Å². The summed E-state index contributed by atoms with van der Waals surface area (Å²) >= 11 is 4.00. The third-order valence-electron chi connectivity index (χ3n) is 3.65. The van der Waals surface area contributed by atoms with Gasteiger partial charge in [0.15, 0.2) is 0 Å². The van der Waals surface area contributed by atoms with E-state index in [-0.39, 0.29) is 6.04 Å². The number of nitrogens with one attached hydrogen (secondary N) is 1. The molecule has 0 radical (unpaired) electrons. The van der Waals surface area contributed by atoms with Gasteiger partial charge in [-0.05, 0) is 48.5 Å². The Morgan fingerprint density at radius 3 is 2.95 bits per heavy atom. The van der Waals surface area contributed by atoms with E-state index in [9.17, 15) is 0 Å². The Labute approximate surface area is 128 Å². The predicted octanol–water partition coefficient (Wildman–Crippen LogP) is 3.85. The summed E-state index contributed by atoms with van der Waals surface area (Å²) in [7, 11) is 3.74. The van der Waals surface area contributed by atoms with Crippen LogP contribution in [0.15, 0.2) is 30.3 Å². The normalized spacial score (nSPS) is 15.7. The van der Waals surface area contributed by atoms with Crippen LogP contribution in [0.4, 0.5) is 0 Å². The van der Waals surface area contributed by atoms with E-state index >= 15 is 0 Å². The summed E-state index contributed by atoms with van der Waals surface area (Å²) in [4.78, 5) is 2.98. The lowest BCUT2D eigenvalue weighted by atomic mass is 10.0. The number of aryl methyl sites for hydroxylation is 1. The second-order valence-electron chi connectivity index (χ2n) is 4.90. The number of rotatable bonds is 4. The van der Waals surface area contributed by atoms with Crippen LogP contribution in [0.3, 0.4) is 0 Å². The molecule has 1 aliphatic heterocycles. The van der Waals surface area contributed by atoms with Crippen molar-refractivity contribution in [2.24, 2.45) is 0 Å². The first kappa shape index (κ1) is 14.0. The number of thioether (sulfide) groups is 1. The molecular formula is C16H19NOS2. The number of thiophene rings is 1. The van der Waals surface area contributed by atoms with Crippen LogP contribution in [0.2, 0.25) is 0 Å². The Morgan fingerprint density at radius 2 is 2.20 bits per heavy atom. The third-order valence-corrected chi connectivity index (χ3v) is 5.96. The summed E-state index contributed by atoms with van der Waals surface area (Å²) in [6.07, 6.45) is 1.22. The van der Waals surface area contributed by atoms with Crippen LogP contribution in [-0.2, 0) is 12.2 Å². The molecule has 2 aromatic rings. The zero-order valence-corrected chi connectivity index (χ0v) is 13.4. The largest absolute Gasteiger partial charge is 0.497 e. The maximum Gasteiger partial charge on any atom is 0.119 e. The lowest BCUT2D eigenvalue weighted by molar-refractivity contribution is 0.414. The Morgan fingerprint density at radius 1 is 1.30 bits per heavy atom. The molecule has 1 atom stereocenters. The molecule has 1 unspecified atom stereocenters. The van der Waals surface area contributed by atoms with E-state index < -0.39 is 0 Å².